The highest BCUT2D eigenvalue weighted by molar-refractivity contribution is 5.83. The molecule has 0 aromatic heterocycles. The summed E-state index contributed by atoms with van der Waals surface area (Å²) in [7, 11) is 0. The van der Waals surface area contributed by atoms with Crippen molar-refractivity contribution in [3.63, 3.8) is 0 Å². The van der Waals surface area contributed by atoms with Crippen molar-refractivity contribution in [2.45, 2.75) is 171 Å². The SMILES string of the molecule is CCCCC1=C(c2cc(CCC)c(CCC)c(CCC)c2)[N+](=[N-])C(c2cc(CCC)c(CCC)c(CCC)c2)=C1CCCC. The van der Waals surface area contributed by atoms with E-state index >= 15 is 0 Å². The van der Waals surface area contributed by atoms with Gasteiger partial charge < -0.3 is 5.53 Å². The van der Waals surface area contributed by atoms with Gasteiger partial charge in [0.05, 0.1) is 0 Å². The largest absolute Gasteiger partial charge is 0.493 e. The van der Waals surface area contributed by atoms with Crippen LogP contribution in [-0.2, 0) is 38.5 Å². The molecule has 44 heavy (non-hydrogen) atoms. The second-order valence-corrected chi connectivity index (χ2v) is 13.2. The van der Waals surface area contributed by atoms with E-state index in [0.717, 1.165) is 114 Å². The first-order valence-corrected chi connectivity index (χ1v) is 18.7. The summed E-state index contributed by atoms with van der Waals surface area (Å²) in [6, 6.07) is 9.81. The third-order valence-corrected chi connectivity index (χ3v) is 9.41. The van der Waals surface area contributed by atoms with E-state index in [2.05, 4.69) is 79.7 Å². The van der Waals surface area contributed by atoms with Gasteiger partial charge in [-0.15, -0.1) is 0 Å². The van der Waals surface area contributed by atoms with Crippen LogP contribution in [0.1, 0.15) is 177 Å². The van der Waals surface area contributed by atoms with Gasteiger partial charge in [-0.2, -0.15) is 0 Å². The molecule has 1 aliphatic rings. The lowest BCUT2D eigenvalue weighted by Crippen LogP contribution is -2.08. The average molecular weight is 597 g/mol. The normalized spacial score (nSPS) is 13.6. The molecule has 0 N–H and O–H groups in total. The minimum absolute atomic E-state index is 1.02. The van der Waals surface area contributed by atoms with Crippen LogP contribution in [0.5, 0.6) is 0 Å². The highest BCUT2D eigenvalue weighted by atomic mass is 15.2. The van der Waals surface area contributed by atoms with Crippen LogP contribution in [0.15, 0.2) is 35.4 Å². The fourth-order valence-electron chi connectivity index (χ4n) is 7.47. The van der Waals surface area contributed by atoms with E-state index in [9.17, 15) is 5.53 Å². The molecule has 0 aliphatic carbocycles. The lowest BCUT2D eigenvalue weighted by atomic mass is 9.86. The predicted octanol–water partition coefficient (Wildman–Crippen LogP) is 13.0. The van der Waals surface area contributed by atoms with Gasteiger partial charge in [0, 0.05) is 22.3 Å². The second kappa shape index (κ2) is 18.5. The molecule has 0 amide bonds. The molecule has 2 heteroatoms. The van der Waals surface area contributed by atoms with E-state index in [1.165, 1.54) is 57.4 Å². The van der Waals surface area contributed by atoms with E-state index in [1.54, 1.807) is 15.8 Å². The lowest BCUT2D eigenvalue weighted by molar-refractivity contribution is -0.345. The number of benzene rings is 2. The van der Waals surface area contributed by atoms with Crippen LogP contribution in [0.25, 0.3) is 16.9 Å². The predicted molar refractivity (Wildman–Crippen MR) is 193 cm³/mol. The standard InChI is InChI=1S/C42H64N2/c1-9-17-25-39-40(26-18-10-2)42(36-29-33(21-13-5)38(24-16-8)34(30-36)22-14-6)44(43)41(39)35-27-31(19-11-3)37(23-15-7)32(28-35)20-12-4/h27-30H,9-26H2,1-8H3. The van der Waals surface area contributed by atoms with Crippen LogP contribution in [0, 0.1) is 0 Å². The van der Waals surface area contributed by atoms with Crippen LogP contribution in [0.3, 0.4) is 0 Å². The van der Waals surface area contributed by atoms with Gasteiger partial charge >= 0.3 is 0 Å². The summed E-state index contributed by atoms with van der Waals surface area (Å²) in [5.74, 6) is 0. The van der Waals surface area contributed by atoms with Crippen molar-refractivity contribution in [3.05, 3.63) is 85.5 Å². The third-order valence-electron chi connectivity index (χ3n) is 9.41. The van der Waals surface area contributed by atoms with Crippen molar-refractivity contribution < 1.29 is 4.70 Å². The van der Waals surface area contributed by atoms with Crippen LogP contribution in [-0.4, -0.2) is 4.70 Å². The molecule has 0 saturated heterocycles. The van der Waals surface area contributed by atoms with Crippen molar-refractivity contribution >= 4 is 11.4 Å². The molecule has 0 atom stereocenters. The second-order valence-electron chi connectivity index (χ2n) is 13.2. The molecular weight excluding hydrogens is 532 g/mol. The minimum Gasteiger partial charge on any atom is -0.493 e. The summed E-state index contributed by atoms with van der Waals surface area (Å²) < 4.78 is 1.65. The van der Waals surface area contributed by atoms with Gasteiger partial charge in [0.25, 0.3) is 0 Å². The molecule has 0 bridgehead atoms. The maximum atomic E-state index is 12.4. The first-order chi connectivity index (χ1) is 21.4. The van der Waals surface area contributed by atoms with E-state index in [4.69, 9.17) is 0 Å². The highest BCUT2D eigenvalue weighted by Crippen LogP contribution is 2.46. The maximum Gasteiger partial charge on any atom is 0.211 e. The topological polar surface area (TPSA) is 25.3 Å². The Morgan fingerprint density at radius 3 is 0.955 bits per heavy atom. The fraction of sp³-hybridized carbons (Fsp3) is 0.619. The molecule has 0 unspecified atom stereocenters. The first-order valence-electron chi connectivity index (χ1n) is 18.7. The first kappa shape index (κ1) is 36.0. The van der Waals surface area contributed by atoms with E-state index < -0.39 is 0 Å². The summed E-state index contributed by atoms with van der Waals surface area (Å²) in [6.45, 7) is 18.4. The minimum atomic E-state index is 1.02. The Bertz CT molecular complexity index is 1150. The summed E-state index contributed by atoms with van der Waals surface area (Å²) in [5, 5.41) is 0. The summed E-state index contributed by atoms with van der Waals surface area (Å²) in [4.78, 5) is 0. The number of unbranched alkanes of at least 4 members (excludes halogenated alkanes) is 2. The van der Waals surface area contributed by atoms with Crippen LogP contribution in [0.2, 0.25) is 0 Å². The highest BCUT2D eigenvalue weighted by Gasteiger charge is 2.36. The van der Waals surface area contributed by atoms with Crippen molar-refractivity contribution in [1.29, 1.82) is 0 Å². The van der Waals surface area contributed by atoms with Gasteiger partial charge in [0.15, 0.2) is 0 Å². The molecule has 0 radical (unpaired) electrons. The molecule has 2 aromatic rings. The molecule has 2 aromatic carbocycles. The maximum absolute atomic E-state index is 12.4. The lowest BCUT2D eigenvalue weighted by Gasteiger charge is -2.19. The van der Waals surface area contributed by atoms with Gasteiger partial charge in [0.2, 0.25) is 11.4 Å². The monoisotopic (exact) mass is 597 g/mol. The van der Waals surface area contributed by atoms with E-state index in [0.29, 0.717) is 0 Å². The molecule has 1 heterocycles. The average Bonchev–Trinajstić information content (AvgIpc) is 3.28. The molecule has 0 spiro atoms. The van der Waals surface area contributed by atoms with Crippen molar-refractivity contribution in [2.75, 3.05) is 0 Å². The molecule has 2 nitrogen and oxygen atoms in total. The molecular formula is C42H64N2. The number of hydrogen-bond acceptors (Lipinski definition) is 0. The molecule has 1 aliphatic heterocycles. The molecule has 242 valence electrons. The number of nitrogens with zero attached hydrogens (tertiary/aromatic N) is 2. The number of rotatable bonds is 20. The van der Waals surface area contributed by atoms with Gasteiger partial charge in [-0.25, -0.2) is 4.70 Å². The van der Waals surface area contributed by atoms with Crippen molar-refractivity contribution in [1.82, 2.24) is 0 Å². The van der Waals surface area contributed by atoms with Crippen LogP contribution < -0.4 is 0 Å². The van der Waals surface area contributed by atoms with E-state index in [1.807, 2.05) is 0 Å². The summed E-state index contributed by atoms with van der Waals surface area (Å²) in [6.07, 6.45) is 20.3. The molecule has 0 saturated carbocycles. The van der Waals surface area contributed by atoms with Crippen LogP contribution in [0.4, 0.5) is 0 Å². The Kier molecular flexibility index (Phi) is 15.1. The Balaban J connectivity index is 2.34. The molecule has 3 rings (SSSR count). The summed E-state index contributed by atoms with van der Waals surface area (Å²) in [5.41, 5.74) is 28.9. The zero-order valence-electron chi connectivity index (χ0n) is 29.9. The van der Waals surface area contributed by atoms with Crippen molar-refractivity contribution in [2.24, 2.45) is 0 Å². The van der Waals surface area contributed by atoms with Gasteiger partial charge in [-0.05, 0) is 122 Å². The Hall–Kier alpha value is -2.48. The van der Waals surface area contributed by atoms with Gasteiger partial charge in [-0.3, -0.25) is 0 Å². The van der Waals surface area contributed by atoms with Crippen LogP contribution >= 0.6 is 0 Å². The van der Waals surface area contributed by atoms with Crippen molar-refractivity contribution in [3.8, 4) is 0 Å². The fourth-order valence-corrected chi connectivity index (χ4v) is 7.47. The van der Waals surface area contributed by atoms with Gasteiger partial charge in [0.1, 0.15) is 0 Å². The summed E-state index contributed by atoms with van der Waals surface area (Å²) >= 11 is 0. The number of hydrogen-bond donors (Lipinski definition) is 0. The Morgan fingerprint density at radius 1 is 0.409 bits per heavy atom. The molecule has 0 fully saturated rings. The smallest absolute Gasteiger partial charge is 0.211 e. The number of allylic oxidation sites excluding steroid dienone is 2. The van der Waals surface area contributed by atoms with E-state index in [-0.39, 0.29) is 0 Å². The zero-order chi connectivity index (χ0) is 32.1. The Labute approximate surface area is 271 Å². The quantitative estimate of drug-likeness (QED) is 0.136. The Morgan fingerprint density at radius 2 is 0.705 bits per heavy atom. The van der Waals surface area contributed by atoms with Gasteiger partial charge in [-0.1, -0.05) is 107 Å². The number of aryl methyl sites for hydroxylation is 4. The zero-order valence-corrected chi connectivity index (χ0v) is 29.9. The third kappa shape index (κ3) is 8.41.